The van der Waals surface area contributed by atoms with Crippen LogP contribution in [0.3, 0.4) is 0 Å². The summed E-state index contributed by atoms with van der Waals surface area (Å²) in [5.41, 5.74) is 0.485. The highest BCUT2D eigenvalue weighted by atomic mass is 16.5. The Morgan fingerprint density at radius 2 is 2.08 bits per heavy atom. The molecule has 1 heterocycles. The Morgan fingerprint density at radius 1 is 1.29 bits per heavy atom. The number of ether oxygens (including phenoxy) is 1. The molecule has 1 amide bonds. The molecule has 0 saturated carbocycles. The van der Waals surface area contributed by atoms with E-state index >= 15 is 0 Å². The lowest BCUT2D eigenvalue weighted by molar-refractivity contribution is -0.115. The van der Waals surface area contributed by atoms with E-state index in [4.69, 9.17) is 9.84 Å². The number of methoxy groups -OCH3 is 1. The molecule has 2 N–H and O–H groups in total. The number of nitrogens with one attached hydrogen (secondary N) is 1. The van der Waals surface area contributed by atoms with Gasteiger partial charge < -0.3 is 20.1 Å². The van der Waals surface area contributed by atoms with Crippen molar-refractivity contribution in [3.8, 4) is 5.75 Å². The molecule has 0 spiro atoms. The van der Waals surface area contributed by atoms with Crippen molar-refractivity contribution in [2.45, 2.75) is 6.92 Å². The van der Waals surface area contributed by atoms with Gasteiger partial charge in [-0.05, 0) is 19.1 Å². The fourth-order valence-electron chi connectivity index (χ4n) is 2.02. The largest absolute Gasteiger partial charge is 0.497 e. The summed E-state index contributed by atoms with van der Waals surface area (Å²) >= 11 is 0. The fourth-order valence-corrected chi connectivity index (χ4v) is 2.02. The van der Waals surface area contributed by atoms with Gasteiger partial charge in [0.25, 0.3) is 0 Å². The molecule has 8 nitrogen and oxygen atoms in total. The second-order valence-corrected chi connectivity index (χ2v) is 4.86. The van der Waals surface area contributed by atoms with Crippen molar-refractivity contribution in [1.82, 2.24) is 9.97 Å². The van der Waals surface area contributed by atoms with Gasteiger partial charge in [-0.15, -0.1) is 0 Å². The first-order chi connectivity index (χ1) is 11.5. The third-order valence-electron chi connectivity index (χ3n) is 3.25. The number of aromatic carboxylic acids is 1. The Morgan fingerprint density at radius 3 is 2.67 bits per heavy atom. The SMILES string of the molecule is CCN(CC(=O)Nc1cccc(OC)c1)c1cnc(C(=O)O)cn1. The van der Waals surface area contributed by atoms with Gasteiger partial charge in [0.2, 0.25) is 5.91 Å². The van der Waals surface area contributed by atoms with Crippen LogP contribution in [0.4, 0.5) is 11.5 Å². The van der Waals surface area contributed by atoms with E-state index in [1.54, 1.807) is 36.3 Å². The van der Waals surface area contributed by atoms with Gasteiger partial charge in [0, 0.05) is 18.3 Å². The maximum Gasteiger partial charge on any atom is 0.356 e. The number of rotatable bonds is 7. The van der Waals surface area contributed by atoms with Gasteiger partial charge in [-0.2, -0.15) is 0 Å². The molecule has 0 saturated heterocycles. The standard InChI is InChI=1S/C16H18N4O4/c1-3-20(14-9-17-13(8-18-14)16(22)23)10-15(21)19-11-5-4-6-12(7-11)24-2/h4-9H,3,10H2,1-2H3,(H,19,21)(H,22,23). The first kappa shape index (κ1) is 17.2. The molecule has 0 unspecified atom stereocenters. The number of likely N-dealkylation sites (N-methyl/N-ethyl adjacent to an activating group) is 1. The lowest BCUT2D eigenvalue weighted by Crippen LogP contribution is -2.33. The normalized spacial score (nSPS) is 10.1. The van der Waals surface area contributed by atoms with Crippen molar-refractivity contribution in [2.75, 3.05) is 30.4 Å². The highest BCUT2D eigenvalue weighted by Gasteiger charge is 2.13. The molecule has 2 rings (SSSR count). The molecule has 2 aromatic rings. The molecule has 0 aliphatic rings. The van der Waals surface area contributed by atoms with Gasteiger partial charge >= 0.3 is 5.97 Å². The number of carboxylic acid groups (broad SMARTS) is 1. The highest BCUT2D eigenvalue weighted by molar-refractivity contribution is 5.94. The monoisotopic (exact) mass is 330 g/mol. The molecule has 24 heavy (non-hydrogen) atoms. The summed E-state index contributed by atoms with van der Waals surface area (Å²) in [5.74, 6) is -0.291. The van der Waals surface area contributed by atoms with Crippen LogP contribution in [0.1, 0.15) is 17.4 Å². The number of anilines is 2. The molecule has 0 aliphatic carbocycles. The Hall–Kier alpha value is -3.16. The van der Waals surface area contributed by atoms with Crippen LogP contribution < -0.4 is 15.0 Å². The predicted molar refractivity (Wildman–Crippen MR) is 88.5 cm³/mol. The number of hydrogen-bond donors (Lipinski definition) is 2. The van der Waals surface area contributed by atoms with Crippen LogP contribution in [0.15, 0.2) is 36.7 Å². The minimum absolute atomic E-state index is 0.0643. The van der Waals surface area contributed by atoms with Crippen LogP contribution in [0.25, 0.3) is 0 Å². The number of hydrogen-bond acceptors (Lipinski definition) is 6. The summed E-state index contributed by atoms with van der Waals surface area (Å²) in [4.78, 5) is 32.5. The summed E-state index contributed by atoms with van der Waals surface area (Å²) in [5, 5.41) is 11.6. The molecular formula is C16H18N4O4. The minimum Gasteiger partial charge on any atom is -0.497 e. The van der Waals surface area contributed by atoms with Crippen molar-refractivity contribution in [2.24, 2.45) is 0 Å². The van der Waals surface area contributed by atoms with Crippen molar-refractivity contribution in [1.29, 1.82) is 0 Å². The molecule has 1 aromatic carbocycles. The van der Waals surface area contributed by atoms with E-state index in [0.29, 0.717) is 23.8 Å². The Labute approximate surface area is 139 Å². The van der Waals surface area contributed by atoms with E-state index < -0.39 is 5.97 Å². The predicted octanol–water partition coefficient (Wildman–Crippen LogP) is 1.65. The summed E-state index contributed by atoms with van der Waals surface area (Å²) in [6.45, 7) is 2.45. The quantitative estimate of drug-likeness (QED) is 0.795. The number of aromatic nitrogens is 2. The van der Waals surface area contributed by atoms with Gasteiger partial charge in [-0.3, -0.25) is 4.79 Å². The summed E-state index contributed by atoms with van der Waals surface area (Å²) < 4.78 is 5.11. The van der Waals surface area contributed by atoms with E-state index in [-0.39, 0.29) is 18.1 Å². The highest BCUT2D eigenvalue weighted by Crippen LogP contribution is 2.17. The number of amides is 1. The van der Waals surface area contributed by atoms with Gasteiger partial charge in [0.15, 0.2) is 5.69 Å². The Kier molecular flexibility index (Phi) is 5.67. The van der Waals surface area contributed by atoms with E-state index in [2.05, 4.69) is 15.3 Å². The molecular weight excluding hydrogens is 312 g/mol. The molecule has 0 radical (unpaired) electrons. The van der Waals surface area contributed by atoms with Crippen molar-refractivity contribution in [3.63, 3.8) is 0 Å². The molecule has 0 atom stereocenters. The summed E-state index contributed by atoms with van der Waals surface area (Å²) in [6, 6.07) is 7.05. The van der Waals surface area contributed by atoms with Gasteiger partial charge in [0.05, 0.1) is 26.0 Å². The first-order valence-electron chi connectivity index (χ1n) is 7.27. The molecule has 8 heteroatoms. The van der Waals surface area contributed by atoms with Gasteiger partial charge in [-0.1, -0.05) is 6.07 Å². The number of nitrogens with zero attached hydrogens (tertiary/aromatic N) is 3. The topological polar surface area (TPSA) is 105 Å². The van der Waals surface area contributed by atoms with Gasteiger partial charge in [-0.25, -0.2) is 14.8 Å². The van der Waals surface area contributed by atoms with Crippen LogP contribution in [0.5, 0.6) is 5.75 Å². The maximum absolute atomic E-state index is 12.2. The molecule has 0 bridgehead atoms. The number of carbonyl (C=O) groups excluding carboxylic acids is 1. The zero-order chi connectivity index (χ0) is 17.5. The number of carbonyl (C=O) groups is 2. The fraction of sp³-hybridized carbons (Fsp3) is 0.250. The summed E-state index contributed by atoms with van der Waals surface area (Å²) in [7, 11) is 1.55. The lowest BCUT2D eigenvalue weighted by atomic mass is 10.3. The van der Waals surface area contributed by atoms with E-state index in [1.165, 1.54) is 12.4 Å². The zero-order valence-corrected chi connectivity index (χ0v) is 13.4. The molecule has 0 fully saturated rings. The molecule has 0 aliphatic heterocycles. The second-order valence-electron chi connectivity index (χ2n) is 4.86. The number of benzene rings is 1. The molecule has 1 aromatic heterocycles. The lowest BCUT2D eigenvalue weighted by Gasteiger charge is -2.21. The zero-order valence-electron chi connectivity index (χ0n) is 13.4. The second kappa shape index (κ2) is 7.91. The maximum atomic E-state index is 12.2. The smallest absolute Gasteiger partial charge is 0.356 e. The van der Waals surface area contributed by atoms with Crippen molar-refractivity contribution < 1.29 is 19.4 Å². The summed E-state index contributed by atoms with van der Waals surface area (Å²) in [6.07, 6.45) is 2.51. The van der Waals surface area contributed by atoms with Crippen molar-refractivity contribution in [3.05, 3.63) is 42.4 Å². The minimum atomic E-state index is -1.15. The van der Waals surface area contributed by atoms with Gasteiger partial charge in [0.1, 0.15) is 11.6 Å². The molecule has 126 valence electrons. The van der Waals surface area contributed by atoms with E-state index in [1.807, 2.05) is 6.92 Å². The van der Waals surface area contributed by atoms with Crippen LogP contribution in [0.2, 0.25) is 0 Å². The van der Waals surface area contributed by atoms with E-state index in [0.717, 1.165) is 0 Å². The first-order valence-corrected chi connectivity index (χ1v) is 7.27. The average molecular weight is 330 g/mol. The van der Waals surface area contributed by atoms with Crippen LogP contribution in [-0.4, -0.2) is 47.2 Å². The number of carboxylic acids is 1. The Balaban J connectivity index is 2.03. The Bertz CT molecular complexity index is 718. The van der Waals surface area contributed by atoms with Crippen LogP contribution in [0, 0.1) is 0 Å². The third-order valence-corrected chi connectivity index (χ3v) is 3.25. The van der Waals surface area contributed by atoms with Crippen LogP contribution >= 0.6 is 0 Å². The van der Waals surface area contributed by atoms with E-state index in [9.17, 15) is 9.59 Å². The van der Waals surface area contributed by atoms with Crippen molar-refractivity contribution >= 4 is 23.4 Å². The average Bonchev–Trinajstić information content (AvgIpc) is 2.60. The third kappa shape index (κ3) is 4.42. The van der Waals surface area contributed by atoms with Crippen LogP contribution in [-0.2, 0) is 4.79 Å².